The number of aromatic nitrogens is 4. The lowest BCUT2D eigenvalue weighted by molar-refractivity contribution is -0.0197. The van der Waals surface area contributed by atoms with E-state index in [2.05, 4.69) is 20.6 Å². The highest BCUT2D eigenvalue weighted by Gasteiger charge is 2.54. The fourth-order valence-corrected chi connectivity index (χ4v) is 7.06. The molecule has 2 aromatic heterocycles. The first-order valence-corrected chi connectivity index (χ1v) is 14.5. The van der Waals surface area contributed by atoms with E-state index in [0.717, 1.165) is 36.8 Å². The number of nitrogens with zero attached hydrogens (tertiary/aromatic N) is 3. The molecule has 5 aromatic rings. The second-order valence-electron chi connectivity index (χ2n) is 12.8. The fourth-order valence-electron chi connectivity index (χ4n) is 7.06. The summed E-state index contributed by atoms with van der Waals surface area (Å²) in [6, 6.07) is 16.1. The van der Waals surface area contributed by atoms with Gasteiger partial charge in [-0.15, -0.1) is 0 Å². The van der Waals surface area contributed by atoms with Crippen LogP contribution in [0.1, 0.15) is 61.6 Å². The number of benzene rings is 3. The molecule has 43 heavy (non-hydrogen) atoms. The van der Waals surface area contributed by atoms with Gasteiger partial charge in [0.25, 0.3) is 11.5 Å². The zero-order chi connectivity index (χ0) is 30.1. The van der Waals surface area contributed by atoms with Crippen LogP contribution in [0.2, 0.25) is 0 Å². The number of fused-ring (bicyclic) bond motifs is 2. The van der Waals surface area contributed by atoms with Crippen LogP contribution in [0.15, 0.2) is 65.5 Å². The van der Waals surface area contributed by atoms with Crippen LogP contribution in [0, 0.1) is 17.0 Å². The molecule has 3 aromatic carbocycles. The zero-order valence-corrected chi connectivity index (χ0v) is 23.8. The summed E-state index contributed by atoms with van der Waals surface area (Å²) < 4.78 is 30.6. The van der Waals surface area contributed by atoms with Gasteiger partial charge in [-0.2, -0.15) is 10.2 Å². The molecule has 0 bridgehead atoms. The minimum atomic E-state index is -1.14. The average Bonchev–Trinajstić information content (AvgIpc) is 3.26. The number of amides is 1. The molecule has 2 aliphatic rings. The standard InChI is InChI=1S/C33H31F2N5O3/c1-32(2,43)17-40-26-12-18(27-24(34)8-5-9-25(27)35)10-11-23(26)29(39-40)31(42)36-20-15-33(16-20)13-19(14-33)28-21-6-3-4-7-22(21)30(41)38-37-28/h3-12,19-20,43H,13-17H2,1-2H3,(H,36,42)(H,38,41). The van der Waals surface area contributed by atoms with E-state index in [-0.39, 0.29) is 46.6 Å². The maximum Gasteiger partial charge on any atom is 0.272 e. The van der Waals surface area contributed by atoms with Crippen molar-refractivity contribution in [2.24, 2.45) is 5.41 Å². The highest BCUT2D eigenvalue weighted by Crippen LogP contribution is 2.62. The van der Waals surface area contributed by atoms with Gasteiger partial charge in [0.05, 0.1) is 34.3 Å². The number of aliphatic hydroxyl groups is 1. The van der Waals surface area contributed by atoms with Gasteiger partial charge in [0.1, 0.15) is 11.6 Å². The average molecular weight is 584 g/mol. The molecule has 2 saturated carbocycles. The van der Waals surface area contributed by atoms with Crippen LogP contribution in [0.3, 0.4) is 0 Å². The summed E-state index contributed by atoms with van der Waals surface area (Å²) in [6.45, 7) is 3.35. The van der Waals surface area contributed by atoms with Crippen molar-refractivity contribution in [3.05, 3.63) is 94.0 Å². The third-order valence-corrected chi connectivity index (χ3v) is 8.92. The summed E-state index contributed by atoms with van der Waals surface area (Å²) >= 11 is 0. The smallest absolute Gasteiger partial charge is 0.272 e. The van der Waals surface area contributed by atoms with Gasteiger partial charge >= 0.3 is 0 Å². The summed E-state index contributed by atoms with van der Waals surface area (Å²) in [5, 5.41) is 27.3. The van der Waals surface area contributed by atoms with E-state index < -0.39 is 17.2 Å². The molecule has 0 radical (unpaired) electrons. The van der Waals surface area contributed by atoms with Gasteiger partial charge in [-0.05, 0) is 80.8 Å². The first kappa shape index (κ1) is 27.4. The molecule has 3 N–H and O–H groups in total. The van der Waals surface area contributed by atoms with Crippen LogP contribution in [-0.4, -0.2) is 42.6 Å². The van der Waals surface area contributed by atoms with Gasteiger partial charge in [0, 0.05) is 22.7 Å². The van der Waals surface area contributed by atoms with Crippen molar-refractivity contribution in [3.8, 4) is 11.1 Å². The molecule has 0 saturated heterocycles. The Hall–Kier alpha value is -4.44. The molecule has 2 fully saturated rings. The molecule has 8 nitrogen and oxygen atoms in total. The SMILES string of the molecule is CC(C)(O)Cn1nc(C(=O)NC2CC3(C2)CC(c2n[nH]c(=O)c4ccccc24)C3)c2ccc(-c3c(F)cccc3F)cc21. The molecule has 2 heterocycles. The lowest BCUT2D eigenvalue weighted by atomic mass is 9.49. The number of nitrogens with one attached hydrogen (secondary N) is 2. The minimum absolute atomic E-state index is 0.00463. The van der Waals surface area contributed by atoms with E-state index >= 15 is 0 Å². The molecule has 0 atom stereocenters. The van der Waals surface area contributed by atoms with Crippen molar-refractivity contribution in [2.45, 2.75) is 63.6 Å². The summed E-state index contributed by atoms with van der Waals surface area (Å²) in [4.78, 5) is 25.6. The number of hydrogen-bond donors (Lipinski definition) is 3. The Kier molecular flexibility index (Phi) is 6.25. The lowest BCUT2D eigenvalue weighted by Gasteiger charge is -2.57. The van der Waals surface area contributed by atoms with Crippen molar-refractivity contribution in [1.29, 1.82) is 0 Å². The van der Waals surface area contributed by atoms with Crippen LogP contribution < -0.4 is 10.9 Å². The largest absolute Gasteiger partial charge is 0.389 e. The number of H-pyrrole nitrogens is 1. The Bertz CT molecular complexity index is 1940. The number of carbonyl (C=O) groups excluding carboxylic acids is 1. The quantitative estimate of drug-likeness (QED) is 0.246. The van der Waals surface area contributed by atoms with Crippen molar-refractivity contribution in [2.75, 3.05) is 0 Å². The van der Waals surface area contributed by atoms with E-state index in [9.17, 15) is 23.5 Å². The maximum atomic E-state index is 14.5. The van der Waals surface area contributed by atoms with Crippen LogP contribution in [-0.2, 0) is 6.54 Å². The van der Waals surface area contributed by atoms with Crippen LogP contribution >= 0.6 is 0 Å². The highest BCUT2D eigenvalue weighted by atomic mass is 19.1. The molecule has 2 aliphatic carbocycles. The normalized spacial score (nSPS) is 21.6. The molecule has 0 unspecified atom stereocenters. The summed E-state index contributed by atoms with van der Waals surface area (Å²) in [7, 11) is 0. The van der Waals surface area contributed by atoms with Crippen LogP contribution in [0.4, 0.5) is 8.78 Å². The molecular weight excluding hydrogens is 552 g/mol. The van der Waals surface area contributed by atoms with Crippen molar-refractivity contribution in [3.63, 3.8) is 0 Å². The second kappa shape index (κ2) is 9.80. The molecule has 7 rings (SSSR count). The third-order valence-electron chi connectivity index (χ3n) is 8.92. The Labute approximate surface area is 245 Å². The van der Waals surface area contributed by atoms with Gasteiger partial charge in [0.15, 0.2) is 5.69 Å². The van der Waals surface area contributed by atoms with Gasteiger partial charge in [-0.3, -0.25) is 14.3 Å². The Morgan fingerprint density at radius 2 is 1.72 bits per heavy atom. The first-order valence-electron chi connectivity index (χ1n) is 14.5. The van der Waals surface area contributed by atoms with Crippen molar-refractivity contribution < 1.29 is 18.7 Å². The molecule has 10 heteroatoms. The summed E-state index contributed by atoms with van der Waals surface area (Å²) in [6.07, 6.45) is 3.58. The monoisotopic (exact) mass is 583 g/mol. The number of hydrogen-bond acceptors (Lipinski definition) is 5. The first-order chi connectivity index (χ1) is 20.5. The van der Waals surface area contributed by atoms with Crippen LogP contribution in [0.25, 0.3) is 32.8 Å². The Balaban J connectivity index is 1.09. The maximum absolute atomic E-state index is 14.5. The topological polar surface area (TPSA) is 113 Å². The Morgan fingerprint density at radius 3 is 2.42 bits per heavy atom. The van der Waals surface area contributed by atoms with E-state index in [4.69, 9.17) is 0 Å². The molecule has 1 spiro atoms. The number of rotatable bonds is 6. The lowest BCUT2D eigenvalue weighted by Crippen LogP contribution is -2.55. The van der Waals surface area contributed by atoms with Gasteiger partial charge in [-0.1, -0.05) is 30.3 Å². The highest BCUT2D eigenvalue weighted by molar-refractivity contribution is 6.05. The predicted octanol–water partition coefficient (Wildman–Crippen LogP) is 5.45. The van der Waals surface area contributed by atoms with Gasteiger partial charge < -0.3 is 10.4 Å². The Morgan fingerprint density at radius 1 is 1.02 bits per heavy atom. The van der Waals surface area contributed by atoms with Gasteiger partial charge in [0.2, 0.25) is 0 Å². The number of halogens is 2. The second-order valence-corrected chi connectivity index (χ2v) is 12.8. The summed E-state index contributed by atoms with van der Waals surface area (Å²) in [5.74, 6) is -1.44. The van der Waals surface area contributed by atoms with Crippen LogP contribution in [0.5, 0.6) is 0 Å². The zero-order valence-electron chi connectivity index (χ0n) is 23.8. The molecule has 0 aliphatic heterocycles. The molecule has 220 valence electrons. The predicted molar refractivity (Wildman–Crippen MR) is 159 cm³/mol. The summed E-state index contributed by atoms with van der Waals surface area (Å²) in [5.41, 5.74) is 0.602. The van der Waals surface area contributed by atoms with Gasteiger partial charge in [-0.25, -0.2) is 13.9 Å². The minimum Gasteiger partial charge on any atom is -0.389 e. The third kappa shape index (κ3) is 4.79. The molecule has 1 amide bonds. The van der Waals surface area contributed by atoms with E-state index in [0.29, 0.717) is 21.9 Å². The number of carbonyl (C=O) groups is 1. The van der Waals surface area contributed by atoms with Crippen molar-refractivity contribution >= 4 is 27.6 Å². The van der Waals surface area contributed by atoms with E-state index in [1.807, 2.05) is 24.3 Å². The van der Waals surface area contributed by atoms with Crippen molar-refractivity contribution in [1.82, 2.24) is 25.3 Å². The van der Waals surface area contributed by atoms with E-state index in [1.165, 1.54) is 22.9 Å². The number of aromatic amines is 1. The molecular formula is C33H31F2N5O3. The fraction of sp³-hybridized carbons (Fsp3) is 0.333. The van der Waals surface area contributed by atoms with E-state index in [1.54, 1.807) is 32.0 Å².